The molecule has 162 valence electrons. The minimum Gasteiger partial charge on any atom is -0.363 e. The fraction of sp³-hybridized carbons (Fsp3) is 0.450. The second-order valence-electron chi connectivity index (χ2n) is 7.57. The average Bonchev–Trinajstić information content (AvgIpc) is 2.70. The average molecular weight is 605 g/mol. The Kier molecular flexibility index (Phi) is 8.35. The van der Waals surface area contributed by atoms with Crippen molar-refractivity contribution < 1.29 is 4.79 Å². The van der Waals surface area contributed by atoms with Gasteiger partial charge < -0.3 is 20.9 Å². The summed E-state index contributed by atoms with van der Waals surface area (Å²) in [6, 6.07) is 5.85. The molecule has 0 bridgehead atoms. The minimum atomic E-state index is -0.201. The van der Waals surface area contributed by atoms with E-state index in [0.29, 0.717) is 30.1 Å². The smallest absolute Gasteiger partial charge is 0.319 e. The molecule has 0 spiro atoms. The van der Waals surface area contributed by atoms with Crippen LogP contribution in [-0.4, -0.2) is 42.7 Å². The van der Waals surface area contributed by atoms with Crippen LogP contribution >= 0.6 is 47.8 Å². The van der Waals surface area contributed by atoms with Crippen LogP contribution in [-0.2, 0) is 0 Å². The van der Waals surface area contributed by atoms with Gasteiger partial charge in [0.05, 0.1) is 5.69 Å². The van der Waals surface area contributed by atoms with Gasteiger partial charge in [0.1, 0.15) is 5.82 Å². The molecular formula is C20H25Br3N6O. The second kappa shape index (κ2) is 10.8. The maximum Gasteiger partial charge on any atom is 0.319 e. The molecule has 10 heteroatoms. The number of carbonyl (C=O) groups excluding carboxylic acids is 1. The third-order valence-electron chi connectivity index (χ3n) is 5.08. The first-order valence-electron chi connectivity index (χ1n) is 9.78. The van der Waals surface area contributed by atoms with Gasteiger partial charge in [-0.05, 0) is 81.7 Å². The summed E-state index contributed by atoms with van der Waals surface area (Å²) in [6.07, 6.45) is 5.95. The molecule has 2 amide bonds. The maximum absolute atomic E-state index is 12.3. The van der Waals surface area contributed by atoms with Gasteiger partial charge in [0, 0.05) is 46.3 Å². The van der Waals surface area contributed by atoms with Crippen LogP contribution in [0.4, 0.5) is 22.2 Å². The number of nitrogens with one attached hydrogen (secondary N) is 3. The Hall–Kier alpha value is -1.39. The number of urea groups is 1. The quantitative estimate of drug-likeness (QED) is 0.399. The predicted molar refractivity (Wildman–Crippen MR) is 132 cm³/mol. The third-order valence-corrected chi connectivity index (χ3v) is 6.78. The Labute approximate surface area is 202 Å². The summed E-state index contributed by atoms with van der Waals surface area (Å²) in [4.78, 5) is 23.2. The van der Waals surface area contributed by atoms with Crippen LogP contribution in [0.25, 0.3) is 0 Å². The number of hydrogen-bond donors (Lipinski definition) is 3. The SMILES string of the molecule is CN(C)c1ccnc(N[C@H]2CC[C@@H](CNC(=O)Nc3c(Br)cc(Br)cc3Br)CC2)n1. The van der Waals surface area contributed by atoms with Crippen molar-refractivity contribution in [2.45, 2.75) is 31.7 Å². The summed E-state index contributed by atoms with van der Waals surface area (Å²) in [7, 11) is 3.93. The molecule has 2 aromatic rings. The Morgan fingerprint density at radius 2 is 1.80 bits per heavy atom. The predicted octanol–water partition coefficient (Wildman–Crippen LogP) is 5.62. The largest absolute Gasteiger partial charge is 0.363 e. The van der Waals surface area contributed by atoms with Crippen molar-refractivity contribution in [3.8, 4) is 0 Å². The number of benzene rings is 1. The number of aromatic nitrogens is 2. The van der Waals surface area contributed by atoms with Gasteiger partial charge in [0.2, 0.25) is 5.95 Å². The number of halogens is 3. The molecule has 30 heavy (non-hydrogen) atoms. The number of anilines is 3. The zero-order valence-corrected chi connectivity index (χ0v) is 21.6. The van der Waals surface area contributed by atoms with E-state index in [1.807, 2.05) is 37.2 Å². The standard InChI is InChI=1S/C20H25Br3N6O/c1-29(2)17-7-8-24-19(27-17)26-14-5-3-12(4-6-14)11-25-20(30)28-18-15(22)9-13(21)10-16(18)23/h7-10,12,14H,3-6,11H2,1-2H3,(H,24,26,27)(H2,25,28,30)/t12-,14+. The molecule has 1 aromatic carbocycles. The summed E-state index contributed by atoms with van der Waals surface area (Å²) >= 11 is 10.4. The zero-order chi connectivity index (χ0) is 21.7. The number of hydrogen-bond acceptors (Lipinski definition) is 5. The van der Waals surface area contributed by atoms with Gasteiger partial charge in [0.15, 0.2) is 0 Å². The maximum atomic E-state index is 12.3. The monoisotopic (exact) mass is 602 g/mol. The Bertz CT molecular complexity index is 864. The number of carbonyl (C=O) groups is 1. The Balaban J connectivity index is 1.43. The lowest BCUT2D eigenvalue weighted by Crippen LogP contribution is -2.36. The van der Waals surface area contributed by atoms with E-state index < -0.39 is 0 Å². The molecule has 0 unspecified atom stereocenters. The van der Waals surface area contributed by atoms with Gasteiger partial charge in [-0.2, -0.15) is 4.98 Å². The molecule has 0 saturated heterocycles. The van der Waals surface area contributed by atoms with Gasteiger partial charge >= 0.3 is 6.03 Å². The van der Waals surface area contributed by atoms with E-state index in [0.717, 1.165) is 44.9 Å². The lowest BCUT2D eigenvalue weighted by molar-refractivity contribution is 0.246. The van der Waals surface area contributed by atoms with Crippen LogP contribution < -0.4 is 20.9 Å². The Morgan fingerprint density at radius 1 is 1.13 bits per heavy atom. The van der Waals surface area contributed by atoms with Crippen LogP contribution in [0.1, 0.15) is 25.7 Å². The molecule has 3 rings (SSSR count). The van der Waals surface area contributed by atoms with Crippen molar-refractivity contribution in [3.63, 3.8) is 0 Å². The highest BCUT2D eigenvalue weighted by Gasteiger charge is 2.22. The zero-order valence-electron chi connectivity index (χ0n) is 16.9. The molecule has 1 fully saturated rings. The topological polar surface area (TPSA) is 82.2 Å². The van der Waals surface area contributed by atoms with Gasteiger partial charge in [-0.3, -0.25) is 0 Å². The van der Waals surface area contributed by atoms with E-state index in [4.69, 9.17) is 0 Å². The molecule has 0 atom stereocenters. The van der Waals surface area contributed by atoms with E-state index in [9.17, 15) is 4.79 Å². The fourth-order valence-corrected chi connectivity index (χ4v) is 5.87. The minimum absolute atomic E-state index is 0.201. The van der Waals surface area contributed by atoms with E-state index in [1.54, 1.807) is 6.20 Å². The van der Waals surface area contributed by atoms with Crippen molar-refractivity contribution in [2.24, 2.45) is 5.92 Å². The van der Waals surface area contributed by atoms with E-state index in [1.165, 1.54) is 0 Å². The highest BCUT2D eigenvalue weighted by Crippen LogP contribution is 2.34. The molecule has 1 heterocycles. The van der Waals surface area contributed by atoms with Crippen molar-refractivity contribution in [1.29, 1.82) is 0 Å². The lowest BCUT2D eigenvalue weighted by atomic mass is 9.86. The summed E-state index contributed by atoms with van der Waals surface area (Å²) in [5.74, 6) is 2.04. The molecule has 3 N–H and O–H groups in total. The van der Waals surface area contributed by atoms with Crippen molar-refractivity contribution in [1.82, 2.24) is 15.3 Å². The molecule has 1 aliphatic carbocycles. The first kappa shape index (κ1) is 23.3. The number of rotatable bonds is 6. The summed E-state index contributed by atoms with van der Waals surface area (Å²) in [6.45, 7) is 0.664. The highest BCUT2D eigenvalue weighted by molar-refractivity contribution is 9.11. The molecular weight excluding hydrogens is 580 g/mol. The number of nitrogens with zero attached hydrogens (tertiary/aromatic N) is 3. The van der Waals surface area contributed by atoms with Crippen molar-refractivity contribution in [3.05, 3.63) is 37.8 Å². The first-order valence-corrected chi connectivity index (χ1v) is 12.2. The number of amides is 2. The summed E-state index contributed by atoms with van der Waals surface area (Å²) in [5.41, 5.74) is 0.712. The van der Waals surface area contributed by atoms with Crippen LogP contribution in [0.5, 0.6) is 0 Å². The summed E-state index contributed by atoms with van der Waals surface area (Å²) < 4.78 is 2.55. The molecule has 0 aliphatic heterocycles. The third kappa shape index (κ3) is 6.55. The van der Waals surface area contributed by atoms with Gasteiger partial charge in [0.25, 0.3) is 0 Å². The molecule has 7 nitrogen and oxygen atoms in total. The van der Waals surface area contributed by atoms with Crippen LogP contribution in [0, 0.1) is 5.92 Å². The molecule has 0 radical (unpaired) electrons. The summed E-state index contributed by atoms with van der Waals surface area (Å²) in [5, 5.41) is 9.35. The normalized spacial score (nSPS) is 18.6. The van der Waals surface area contributed by atoms with Gasteiger partial charge in [-0.1, -0.05) is 15.9 Å². The molecule has 1 aromatic heterocycles. The second-order valence-corrected chi connectivity index (χ2v) is 10.2. The first-order chi connectivity index (χ1) is 14.3. The van der Waals surface area contributed by atoms with Gasteiger partial charge in [-0.15, -0.1) is 0 Å². The highest BCUT2D eigenvalue weighted by atomic mass is 79.9. The lowest BCUT2D eigenvalue weighted by Gasteiger charge is -2.29. The molecule has 1 aliphatic rings. The van der Waals surface area contributed by atoms with Crippen LogP contribution in [0.2, 0.25) is 0 Å². The van der Waals surface area contributed by atoms with Crippen molar-refractivity contribution >= 4 is 71.3 Å². The van der Waals surface area contributed by atoms with E-state index in [-0.39, 0.29) is 6.03 Å². The Morgan fingerprint density at radius 3 is 2.43 bits per heavy atom. The molecule has 1 saturated carbocycles. The van der Waals surface area contributed by atoms with Crippen LogP contribution in [0.3, 0.4) is 0 Å². The fourth-order valence-electron chi connectivity index (χ4n) is 3.42. The van der Waals surface area contributed by atoms with E-state index >= 15 is 0 Å². The van der Waals surface area contributed by atoms with Gasteiger partial charge in [-0.25, -0.2) is 9.78 Å². The van der Waals surface area contributed by atoms with Crippen LogP contribution in [0.15, 0.2) is 37.8 Å². The van der Waals surface area contributed by atoms with E-state index in [2.05, 4.69) is 73.7 Å². The van der Waals surface area contributed by atoms with Crippen molar-refractivity contribution in [2.75, 3.05) is 36.2 Å².